The summed E-state index contributed by atoms with van der Waals surface area (Å²) < 4.78 is 5.34. The van der Waals surface area contributed by atoms with E-state index in [-0.39, 0.29) is 24.5 Å². The number of Topliss-reactive ketones (excluding diaryl/α,β-unsaturated/α-hetero) is 1. The predicted molar refractivity (Wildman–Crippen MR) is 65.9 cm³/mol. The fourth-order valence-electron chi connectivity index (χ4n) is 2.05. The van der Waals surface area contributed by atoms with E-state index >= 15 is 0 Å². The number of carbonyl (C=O) groups excluding carboxylic acids is 2. The van der Waals surface area contributed by atoms with Crippen LogP contribution < -0.4 is 0 Å². The molecule has 0 radical (unpaired) electrons. The van der Waals surface area contributed by atoms with E-state index in [1.54, 1.807) is 4.90 Å². The third-order valence-corrected chi connectivity index (χ3v) is 2.79. The molecule has 1 rings (SSSR count). The Labute approximate surface area is 103 Å². The van der Waals surface area contributed by atoms with Gasteiger partial charge in [-0.2, -0.15) is 0 Å². The summed E-state index contributed by atoms with van der Waals surface area (Å²) in [6.45, 7) is 7.81. The number of ketones is 1. The first kappa shape index (κ1) is 14.0. The fraction of sp³-hybridized carbons (Fsp3) is 0.846. The van der Waals surface area contributed by atoms with E-state index < -0.39 is 5.60 Å². The summed E-state index contributed by atoms with van der Waals surface area (Å²) in [5, 5.41) is 0. The van der Waals surface area contributed by atoms with Crippen molar-refractivity contribution in [3.8, 4) is 0 Å². The Morgan fingerprint density at radius 2 is 2.12 bits per heavy atom. The highest BCUT2D eigenvalue weighted by molar-refractivity contribution is 5.85. The minimum absolute atomic E-state index is 0.128. The van der Waals surface area contributed by atoms with Crippen molar-refractivity contribution in [1.82, 2.24) is 4.90 Å². The maximum absolute atomic E-state index is 12.0. The molecule has 1 atom stereocenters. The Hall–Kier alpha value is -1.06. The molecule has 0 aromatic carbocycles. The number of carbonyl (C=O) groups is 2. The Kier molecular flexibility index (Phi) is 4.54. The average molecular weight is 241 g/mol. The molecular weight excluding hydrogens is 218 g/mol. The smallest absolute Gasteiger partial charge is 0.410 e. The third kappa shape index (κ3) is 4.36. The van der Waals surface area contributed by atoms with Gasteiger partial charge in [-0.3, -0.25) is 9.69 Å². The van der Waals surface area contributed by atoms with Crippen LogP contribution in [0.2, 0.25) is 0 Å². The van der Waals surface area contributed by atoms with Crippen LogP contribution >= 0.6 is 0 Å². The molecule has 1 amide bonds. The molecule has 0 saturated carbocycles. The molecule has 1 aliphatic heterocycles. The SMILES string of the molecule is CCC[C@H]1CCC(=O)CN1C(=O)OC(C)(C)C. The summed E-state index contributed by atoms with van der Waals surface area (Å²) >= 11 is 0. The molecule has 0 aromatic heterocycles. The standard InChI is InChI=1S/C13H23NO3/c1-5-6-10-7-8-11(15)9-14(10)12(16)17-13(2,3)4/h10H,5-9H2,1-4H3/t10-/m0/s1. The third-order valence-electron chi connectivity index (χ3n) is 2.79. The van der Waals surface area contributed by atoms with Crippen molar-refractivity contribution >= 4 is 11.9 Å². The van der Waals surface area contributed by atoms with E-state index in [0.717, 1.165) is 19.3 Å². The highest BCUT2D eigenvalue weighted by Crippen LogP contribution is 2.21. The number of piperidine rings is 1. The van der Waals surface area contributed by atoms with Crippen molar-refractivity contribution in [2.45, 2.75) is 65.0 Å². The van der Waals surface area contributed by atoms with Gasteiger partial charge < -0.3 is 4.74 Å². The largest absolute Gasteiger partial charge is 0.444 e. The second-order valence-corrected chi connectivity index (χ2v) is 5.63. The van der Waals surface area contributed by atoms with Gasteiger partial charge in [0.05, 0.1) is 6.54 Å². The van der Waals surface area contributed by atoms with Gasteiger partial charge in [-0.05, 0) is 33.6 Å². The molecule has 0 aromatic rings. The lowest BCUT2D eigenvalue weighted by Gasteiger charge is -2.36. The minimum Gasteiger partial charge on any atom is -0.444 e. The van der Waals surface area contributed by atoms with Crippen LogP contribution in [0.3, 0.4) is 0 Å². The van der Waals surface area contributed by atoms with Gasteiger partial charge in [0.15, 0.2) is 5.78 Å². The first-order chi connectivity index (χ1) is 7.83. The molecule has 0 unspecified atom stereocenters. The molecule has 0 aliphatic carbocycles. The summed E-state index contributed by atoms with van der Waals surface area (Å²) in [7, 11) is 0. The average Bonchev–Trinajstić information content (AvgIpc) is 2.18. The lowest BCUT2D eigenvalue weighted by Crippen LogP contribution is -2.49. The molecule has 4 nitrogen and oxygen atoms in total. The van der Waals surface area contributed by atoms with Gasteiger partial charge in [-0.25, -0.2) is 4.79 Å². The number of hydrogen-bond acceptors (Lipinski definition) is 3. The van der Waals surface area contributed by atoms with Crippen LogP contribution in [-0.4, -0.2) is 35.0 Å². The number of nitrogens with zero attached hydrogens (tertiary/aromatic N) is 1. The molecular formula is C13H23NO3. The zero-order valence-corrected chi connectivity index (χ0v) is 11.3. The number of likely N-dealkylation sites (tertiary alicyclic amines) is 1. The van der Waals surface area contributed by atoms with E-state index in [0.29, 0.717) is 6.42 Å². The molecule has 0 N–H and O–H groups in total. The number of rotatable bonds is 2. The summed E-state index contributed by atoms with van der Waals surface area (Å²) in [5.74, 6) is 0.128. The van der Waals surface area contributed by atoms with Crippen molar-refractivity contribution in [3.63, 3.8) is 0 Å². The van der Waals surface area contributed by atoms with Crippen molar-refractivity contribution < 1.29 is 14.3 Å². The highest BCUT2D eigenvalue weighted by atomic mass is 16.6. The van der Waals surface area contributed by atoms with Gasteiger partial charge in [0, 0.05) is 12.5 Å². The van der Waals surface area contributed by atoms with Crippen LogP contribution in [0.25, 0.3) is 0 Å². The van der Waals surface area contributed by atoms with Gasteiger partial charge in [-0.15, -0.1) is 0 Å². The molecule has 0 bridgehead atoms. The van der Waals surface area contributed by atoms with E-state index in [2.05, 4.69) is 6.92 Å². The van der Waals surface area contributed by atoms with Crippen LogP contribution in [0.15, 0.2) is 0 Å². The molecule has 0 spiro atoms. The first-order valence-corrected chi connectivity index (χ1v) is 6.35. The fourth-order valence-corrected chi connectivity index (χ4v) is 2.05. The van der Waals surface area contributed by atoms with Crippen molar-refractivity contribution in [2.75, 3.05) is 6.54 Å². The van der Waals surface area contributed by atoms with Gasteiger partial charge in [0.2, 0.25) is 0 Å². The number of amides is 1. The van der Waals surface area contributed by atoms with Gasteiger partial charge in [-0.1, -0.05) is 13.3 Å². The van der Waals surface area contributed by atoms with Crippen molar-refractivity contribution in [3.05, 3.63) is 0 Å². The Balaban J connectivity index is 2.68. The molecule has 1 aliphatic rings. The predicted octanol–water partition coefficient (Wildman–Crippen LogP) is 2.76. The molecule has 98 valence electrons. The van der Waals surface area contributed by atoms with E-state index in [1.165, 1.54) is 0 Å². The Bertz CT molecular complexity index is 294. The van der Waals surface area contributed by atoms with Crippen LogP contribution in [0.4, 0.5) is 4.79 Å². The number of hydrogen-bond donors (Lipinski definition) is 0. The van der Waals surface area contributed by atoms with Crippen LogP contribution in [0, 0.1) is 0 Å². The van der Waals surface area contributed by atoms with Gasteiger partial charge in [0.1, 0.15) is 5.60 Å². The van der Waals surface area contributed by atoms with Crippen molar-refractivity contribution in [1.29, 1.82) is 0 Å². The van der Waals surface area contributed by atoms with Gasteiger partial charge >= 0.3 is 6.09 Å². The maximum atomic E-state index is 12.0. The molecule has 1 saturated heterocycles. The Morgan fingerprint density at radius 3 is 2.65 bits per heavy atom. The lowest BCUT2D eigenvalue weighted by atomic mass is 9.98. The zero-order chi connectivity index (χ0) is 13.1. The normalized spacial score (nSPS) is 21.5. The van der Waals surface area contributed by atoms with E-state index in [9.17, 15) is 9.59 Å². The number of ether oxygens (including phenoxy) is 1. The minimum atomic E-state index is -0.506. The quantitative estimate of drug-likeness (QED) is 0.746. The summed E-state index contributed by atoms with van der Waals surface area (Å²) in [6.07, 6.45) is 2.95. The topological polar surface area (TPSA) is 46.6 Å². The monoisotopic (exact) mass is 241 g/mol. The second kappa shape index (κ2) is 5.52. The summed E-state index contributed by atoms with van der Waals surface area (Å²) in [4.78, 5) is 25.0. The lowest BCUT2D eigenvalue weighted by molar-refractivity contribution is -0.123. The molecule has 1 heterocycles. The first-order valence-electron chi connectivity index (χ1n) is 6.35. The van der Waals surface area contributed by atoms with E-state index in [4.69, 9.17) is 4.74 Å². The maximum Gasteiger partial charge on any atom is 0.410 e. The zero-order valence-electron chi connectivity index (χ0n) is 11.3. The van der Waals surface area contributed by atoms with Crippen LogP contribution in [-0.2, 0) is 9.53 Å². The van der Waals surface area contributed by atoms with E-state index in [1.807, 2.05) is 20.8 Å². The summed E-state index contributed by atoms with van der Waals surface area (Å²) in [5.41, 5.74) is -0.506. The Morgan fingerprint density at radius 1 is 1.47 bits per heavy atom. The second-order valence-electron chi connectivity index (χ2n) is 5.63. The molecule has 4 heteroatoms. The summed E-state index contributed by atoms with van der Waals surface area (Å²) in [6, 6.07) is 0.160. The molecule has 1 fully saturated rings. The van der Waals surface area contributed by atoms with Crippen molar-refractivity contribution in [2.24, 2.45) is 0 Å². The highest BCUT2D eigenvalue weighted by Gasteiger charge is 2.32. The van der Waals surface area contributed by atoms with Gasteiger partial charge in [0.25, 0.3) is 0 Å². The van der Waals surface area contributed by atoms with Crippen LogP contribution in [0.1, 0.15) is 53.4 Å². The van der Waals surface area contributed by atoms with Crippen LogP contribution in [0.5, 0.6) is 0 Å². The molecule has 17 heavy (non-hydrogen) atoms.